The van der Waals surface area contributed by atoms with E-state index in [9.17, 15) is 9.18 Å². The predicted molar refractivity (Wildman–Crippen MR) is 96.7 cm³/mol. The van der Waals surface area contributed by atoms with Gasteiger partial charge in [-0.25, -0.2) is 4.39 Å². The highest BCUT2D eigenvalue weighted by molar-refractivity contribution is 6.08. The van der Waals surface area contributed by atoms with Gasteiger partial charge in [-0.1, -0.05) is 0 Å². The Labute approximate surface area is 148 Å². The van der Waals surface area contributed by atoms with E-state index in [0.29, 0.717) is 23.5 Å². The summed E-state index contributed by atoms with van der Waals surface area (Å²) in [4.78, 5) is 12.4. The molecule has 2 rings (SSSR count). The Morgan fingerprint density at radius 2 is 1.36 bits per heavy atom. The van der Waals surface area contributed by atoms with Crippen molar-refractivity contribution in [3.05, 3.63) is 65.5 Å². The van der Waals surface area contributed by atoms with Crippen LogP contribution in [0.15, 0.2) is 48.5 Å². The van der Waals surface area contributed by atoms with Gasteiger partial charge in [0.25, 0.3) is 0 Å². The largest absolute Gasteiger partial charge is 0.485 e. The van der Waals surface area contributed by atoms with Crippen LogP contribution in [0.5, 0.6) is 5.75 Å². The molecule has 0 N–H and O–H groups in total. The topological polar surface area (TPSA) is 35.5 Å². The van der Waals surface area contributed by atoms with Crippen LogP contribution in [0.4, 0.5) is 4.39 Å². The summed E-state index contributed by atoms with van der Waals surface area (Å²) in [7, 11) is 0. The van der Waals surface area contributed by atoms with Gasteiger partial charge in [0.2, 0.25) is 0 Å². The second kappa shape index (κ2) is 7.36. The van der Waals surface area contributed by atoms with E-state index >= 15 is 0 Å². The van der Waals surface area contributed by atoms with Crippen molar-refractivity contribution in [2.24, 2.45) is 0 Å². The molecule has 0 amide bonds. The number of rotatable bonds is 6. The first-order valence-electron chi connectivity index (χ1n) is 8.29. The Balaban J connectivity index is 2.04. The van der Waals surface area contributed by atoms with Crippen molar-refractivity contribution in [3.63, 3.8) is 0 Å². The van der Waals surface area contributed by atoms with Crippen LogP contribution in [0.25, 0.3) is 0 Å². The smallest absolute Gasteiger partial charge is 0.193 e. The van der Waals surface area contributed by atoms with E-state index in [0.717, 1.165) is 0 Å². The van der Waals surface area contributed by atoms with Crippen molar-refractivity contribution in [2.75, 3.05) is 6.61 Å². The summed E-state index contributed by atoms with van der Waals surface area (Å²) < 4.78 is 24.7. The molecule has 0 spiro atoms. The molecular formula is C21H25FO3. The molecule has 0 unspecified atom stereocenters. The lowest BCUT2D eigenvalue weighted by Gasteiger charge is -2.30. The van der Waals surface area contributed by atoms with Gasteiger partial charge in [0.05, 0.1) is 12.2 Å². The molecule has 0 aliphatic rings. The second-order valence-corrected chi connectivity index (χ2v) is 7.62. The maximum Gasteiger partial charge on any atom is 0.193 e. The third kappa shape index (κ3) is 5.98. The lowest BCUT2D eigenvalue weighted by atomic mass is 10.0. The van der Waals surface area contributed by atoms with Gasteiger partial charge in [-0.15, -0.1) is 0 Å². The van der Waals surface area contributed by atoms with Gasteiger partial charge in [-0.05, 0) is 83.1 Å². The van der Waals surface area contributed by atoms with Crippen molar-refractivity contribution in [3.8, 4) is 5.75 Å². The fraction of sp³-hybridized carbons (Fsp3) is 0.381. The molecule has 0 aliphatic heterocycles. The molecule has 0 saturated carbocycles. The summed E-state index contributed by atoms with van der Waals surface area (Å²) in [6.07, 6.45) is 0. The molecule has 0 atom stereocenters. The van der Waals surface area contributed by atoms with Crippen LogP contribution in [-0.4, -0.2) is 23.6 Å². The maximum absolute atomic E-state index is 13.0. The average molecular weight is 344 g/mol. The highest BCUT2D eigenvalue weighted by Crippen LogP contribution is 2.22. The minimum absolute atomic E-state index is 0.151. The zero-order chi connectivity index (χ0) is 18.7. The normalized spacial score (nSPS) is 12.1. The maximum atomic E-state index is 13.0. The summed E-state index contributed by atoms with van der Waals surface area (Å²) in [5, 5.41) is 0. The van der Waals surface area contributed by atoms with Crippen molar-refractivity contribution < 1.29 is 18.7 Å². The summed E-state index contributed by atoms with van der Waals surface area (Å²) >= 11 is 0. The SMILES string of the molecule is CC(C)(C)OCC(C)(C)Oc1ccc(C(=O)c2ccc(F)cc2)cc1. The van der Waals surface area contributed by atoms with Gasteiger partial charge in [-0.2, -0.15) is 0 Å². The Hall–Kier alpha value is -2.20. The molecule has 0 heterocycles. The molecule has 4 heteroatoms. The first-order chi connectivity index (χ1) is 11.6. The molecule has 0 fully saturated rings. The standard InChI is InChI=1S/C21H25FO3/c1-20(2,3)24-14-21(4,5)25-18-12-8-16(9-13-18)19(23)15-6-10-17(22)11-7-15/h6-13H,14H2,1-5H3. The van der Waals surface area contributed by atoms with Crippen LogP contribution < -0.4 is 4.74 Å². The molecule has 25 heavy (non-hydrogen) atoms. The van der Waals surface area contributed by atoms with Crippen LogP contribution in [-0.2, 0) is 4.74 Å². The van der Waals surface area contributed by atoms with E-state index in [4.69, 9.17) is 9.47 Å². The Bertz CT molecular complexity index is 710. The van der Waals surface area contributed by atoms with Crippen LogP contribution >= 0.6 is 0 Å². The Morgan fingerprint density at radius 1 is 0.880 bits per heavy atom. The van der Waals surface area contributed by atoms with Crippen LogP contribution in [0.1, 0.15) is 50.5 Å². The average Bonchev–Trinajstić information content (AvgIpc) is 2.53. The quantitative estimate of drug-likeness (QED) is 0.690. The summed E-state index contributed by atoms with van der Waals surface area (Å²) in [5.41, 5.74) is 0.263. The van der Waals surface area contributed by atoms with E-state index in [1.165, 1.54) is 24.3 Å². The van der Waals surface area contributed by atoms with Crippen molar-refractivity contribution in [1.82, 2.24) is 0 Å². The highest BCUT2D eigenvalue weighted by atomic mass is 19.1. The first-order valence-corrected chi connectivity index (χ1v) is 8.29. The summed E-state index contributed by atoms with van der Waals surface area (Å²) in [6, 6.07) is 12.5. The molecule has 0 aromatic heterocycles. The minimum atomic E-state index is -0.490. The third-order valence-electron chi connectivity index (χ3n) is 3.47. The predicted octanol–water partition coefficient (Wildman–Crippen LogP) is 5.03. The van der Waals surface area contributed by atoms with Gasteiger partial charge < -0.3 is 9.47 Å². The van der Waals surface area contributed by atoms with E-state index in [1.54, 1.807) is 24.3 Å². The molecule has 0 aliphatic carbocycles. The minimum Gasteiger partial charge on any atom is -0.485 e. The number of carbonyl (C=O) groups is 1. The van der Waals surface area contributed by atoms with Crippen LogP contribution in [0.3, 0.4) is 0 Å². The number of benzene rings is 2. The van der Waals surface area contributed by atoms with Crippen LogP contribution in [0.2, 0.25) is 0 Å². The number of carbonyl (C=O) groups excluding carboxylic acids is 1. The van der Waals surface area contributed by atoms with Gasteiger partial charge in [0.15, 0.2) is 5.78 Å². The number of ketones is 1. The Morgan fingerprint density at radius 3 is 1.84 bits per heavy atom. The van der Waals surface area contributed by atoms with E-state index in [2.05, 4.69) is 0 Å². The molecule has 0 bridgehead atoms. The van der Waals surface area contributed by atoms with E-state index in [1.807, 2.05) is 34.6 Å². The number of hydrogen-bond acceptors (Lipinski definition) is 3. The van der Waals surface area contributed by atoms with Gasteiger partial charge >= 0.3 is 0 Å². The number of hydrogen-bond donors (Lipinski definition) is 0. The van der Waals surface area contributed by atoms with Crippen LogP contribution in [0, 0.1) is 5.82 Å². The second-order valence-electron chi connectivity index (χ2n) is 7.62. The van der Waals surface area contributed by atoms with E-state index < -0.39 is 5.60 Å². The first kappa shape index (κ1) is 19.1. The van der Waals surface area contributed by atoms with Gasteiger partial charge in [-0.3, -0.25) is 4.79 Å². The lowest BCUT2D eigenvalue weighted by molar-refractivity contribution is -0.0722. The zero-order valence-corrected chi connectivity index (χ0v) is 15.4. The van der Waals surface area contributed by atoms with Crippen molar-refractivity contribution in [2.45, 2.75) is 45.8 Å². The fourth-order valence-corrected chi connectivity index (χ4v) is 2.18. The summed E-state index contributed by atoms with van der Waals surface area (Å²) in [6.45, 7) is 10.4. The fourth-order valence-electron chi connectivity index (χ4n) is 2.18. The number of ether oxygens (including phenoxy) is 2. The Kier molecular flexibility index (Phi) is 5.63. The van der Waals surface area contributed by atoms with Crippen molar-refractivity contribution in [1.29, 1.82) is 0 Å². The molecule has 134 valence electrons. The van der Waals surface area contributed by atoms with Crippen molar-refractivity contribution >= 4 is 5.78 Å². The molecule has 0 radical (unpaired) electrons. The van der Waals surface area contributed by atoms with E-state index in [-0.39, 0.29) is 17.2 Å². The molecule has 2 aromatic rings. The van der Waals surface area contributed by atoms with Gasteiger partial charge in [0, 0.05) is 11.1 Å². The molecule has 3 nitrogen and oxygen atoms in total. The third-order valence-corrected chi connectivity index (χ3v) is 3.47. The highest BCUT2D eigenvalue weighted by Gasteiger charge is 2.24. The van der Waals surface area contributed by atoms with Gasteiger partial charge in [0.1, 0.15) is 17.2 Å². The molecule has 0 saturated heterocycles. The summed E-state index contributed by atoms with van der Waals surface area (Å²) in [5.74, 6) is 0.153. The zero-order valence-electron chi connectivity index (χ0n) is 15.4. The molecule has 2 aromatic carbocycles. The lowest BCUT2D eigenvalue weighted by Crippen LogP contribution is -2.37. The number of halogens is 1. The molecular weight excluding hydrogens is 319 g/mol. The monoisotopic (exact) mass is 344 g/mol.